The number of benzene rings is 1. The highest BCUT2D eigenvalue weighted by Crippen LogP contribution is 2.19. The zero-order valence-corrected chi connectivity index (χ0v) is 8.79. The van der Waals surface area contributed by atoms with Gasteiger partial charge in [-0.1, -0.05) is 25.1 Å². The summed E-state index contributed by atoms with van der Waals surface area (Å²) in [5, 5.41) is 0. The Kier molecular flexibility index (Phi) is 2.85. The van der Waals surface area contributed by atoms with Crippen molar-refractivity contribution >= 4 is 0 Å². The predicted octanol–water partition coefficient (Wildman–Crippen LogP) is 1.52. The Hall–Kier alpha value is -0.860. The maximum atomic E-state index is 5.63. The van der Waals surface area contributed by atoms with E-state index >= 15 is 0 Å². The van der Waals surface area contributed by atoms with Crippen LogP contribution in [0.5, 0.6) is 0 Å². The van der Waals surface area contributed by atoms with Gasteiger partial charge in [-0.3, -0.25) is 4.90 Å². The van der Waals surface area contributed by atoms with Crippen molar-refractivity contribution in [1.82, 2.24) is 4.90 Å². The van der Waals surface area contributed by atoms with E-state index in [0.29, 0.717) is 6.54 Å². The van der Waals surface area contributed by atoms with Crippen molar-refractivity contribution in [2.45, 2.75) is 26.4 Å². The number of hydrogen-bond donors (Lipinski definition) is 1. The van der Waals surface area contributed by atoms with E-state index in [1.54, 1.807) is 0 Å². The molecule has 2 nitrogen and oxygen atoms in total. The van der Waals surface area contributed by atoms with Crippen molar-refractivity contribution in [2.75, 3.05) is 13.1 Å². The van der Waals surface area contributed by atoms with Crippen molar-refractivity contribution < 1.29 is 0 Å². The molecular weight excluding hydrogens is 172 g/mol. The van der Waals surface area contributed by atoms with E-state index in [4.69, 9.17) is 5.73 Å². The number of nitrogens with two attached hydrogens (primary N) is 1. The van der Waals surface area contributed by atoms with Gasteiger partial charge in [0.2, 0.25) is 0 Å². The molecule has 0 bridgehead atoms. The van der Waals surface area contributed by atoms with Gasteiger partial charge in [-0.05, 0) is 29.7 Å². The quantitative estimate of drug-likeness (QED) is 0.766. The molecule has 1 aromatic rings. The average molecular weight is 190 g/mol. The number of fused-ring (bicyclic) bond motifs is 1. The molecule has 0 unspecified atom stereocenters. The van der Waals surface area contributed by atoms with Crippen LogP contribution in [0, 0.1) is 0 Å². The minimum absolute atomic E-state index is 0.658. The van der Waals surface area contributed by atoms with Gasteiger partial charge in [0.05, 0.1) is 0 Å². The maximum Gasteiger partial charge on any atom is 0.0236 e. The van der Waals surface area contributed by atoms with Gasteiger partial charge in [0.25, 0.3) is 0 Å². The lowest BCUT2D eigenvalue weighted by molar-refractivity contribution is 0.268. The molecular formula is C12H18N2. The predicted molar refractivity (Wildman–Crippen MR) is 59.0 cm³/mol. The van der Waals surface area contributed by atoms with E-state index in [2.05, 4.69) is 30.0 Å². The van der Waals surface area contributed by atoms with Crippen LogP contribution >= 0.6 is 0 Å². The molecule has 0 aromatic heterocycles. The Balaban J connectivity index is 2.23. The minimum Gasteiger partial charge on any atom is -0.326 e. The fourth-order valence-corrected chi connectivity index (χ4v) is 2.06. The van der Waals surface area contributed by atoms with Gasteiger partial charge in [0, 0.05) is 19.6 Å². The molecule has 0 amide bonds. The molecule has 0 saturated carbocycles. The van der Waals surface area contributed by atoms with Crippen molar-refractivity contribution in [2.24, 2.45) is 5.73 Å². The lowest BCUT2D eigenvalue weighted by Crippen LogP contribution is -2.30. The third kappa shape index (κ3) is 1.81. The molecule has 2 rings (SSSR count). The van der Waals surface area contributed by atoms with Crippen molar-refractivity contribution in [1.29, 1.82) is 0 Å². The highest BCUT2D eigenvalue weighted by molar-refractivity contribution is 5.33. The Morgan fingerprint density at radius 2 is 2.21 bits per heavy atom. The summed E-state index contributed by atoms with van der Waals surface area (Å²) in [4.78, 5) is 2.48. The molecule has 2 N–H and O–H groups in total. The van der Waals surface area contributed by atoms with Gasteiger partial charge in [0.15, 0.2) is 0 Å². The molecule has 0 fully saturated rings. The van der Waals surface area contributed by atoms with Gasteiger partial charge < -0.3 is 5.73 Å². The fourth-order valence-electron chi connectivity index (χ4n) is 2.06. The van der Waals surface area contributed by atoms with Gasteiger partial charge in [-0.25, -0.2) is 0 Å². The second-order valence-electron chi connectivity index (χ2n) is 3.93. The Labute approximate surface area is 85.7 Å². The molecule has 0 aliphatic carbocycles. The van der Waals surface area contributed by atoms with Crippen molar-refractivity contribution in [3.63, 3.8) is 0 Å². The highest BCUT2D eigenvalue weighted by Gasteiger charge is 2.14. The standard InChI is InChI=1S/C12H18N2/c1-2-14-6-5-11-7-10(8-13)3-4-12(11)9-14/h3-4,7H,2,5-6,8-9,13H2,1H3. The van der Waals surface area contributed by atoms with E-state index in [1.165, 1.54) is 29.7 Å². The Morgan fingerprint density at radius 3 is 2.93 bits per heavy atom. The summed E-state index contributed by atoms with van der Waals surface area (Å²) in [5.74, 6) is 0. The Morgan fingerprint density at radius 1 is 1.36 bits per heavy atom. The van der Waals surface area contributed by atoms with Gasteiger partial charge in [-0.2, -0.15) is 0 Å². The zero-order chi connectivity index (χ0) is 9.97. The molecule has 0 atom stereocenters. The van der Waals surface area contributed by atoms with Crippen LogP contribution in [0.2, 0.25) is 0 Å². The molecule has 1 aliphatic heterocycles. The molecule has 14 heavy (non-hydrogen) atoms. The fraction of sp³-hybridized carbons (Fsp3) is 0.500. The molecule has 2 heteroatoms. The summed E-state index contributed by atoms with van der Waals surface area (Å²) in [6.45, 7) is 6.33. The topological polar surface area (TPSA) is 29.3 Å². The van der Waals surface area contributed by atoms with Crippen LogP contribution in [0.1, 0.15) is 23.6 Å². The maximum absolute atomic E-state index is 5.63. The second kappa shape index (κ2) is 4.11. The first-order valence-electron chi connectivity index (χ1n) is 5.36. The molecule has 76 valence electrons. The molecule has 1 aromatic carbocycles. The highest BCUT2D eigenvalue weighted by atomic mass is 15.1. The van der Waals surface area contributed by atoms with E-state index in [0.717, 1.165) is 13.1 Å². The first kappa shape index (κ1) is 9.69. The minimum atomic E-state index is 0.658. The third-order valence-electron chi connectivity index (χ3n) is 3.04. The van der Waals surface area contributed by atoms with Gasteiger partial charge in [-0.15, -0.1) is 0 Å². The first-order chi connectivity index (χ1) is 6.83. The normalized spacial score (nSPS) is 16.7. The number of hydrogen-bond acceptors (Lipinski definition) is 2. The van der Waals surface area contributed by atoms with Crippen LogP contribution in [0.25, 0.3) is 0 Å². The molecule has 0 radical (unpaired) electrons. The van der Waals surface area contributed by atoms with Crippen LogP contribution in [0.3, 0.4) is 0 Å². The summed E-state index contributed by atoms with van der Waals surface area (Å²) in [7, 11) is 0. The Bertz CT molecular complexity index is 320. The largest absolute Gasteiger partial charge is 0.326 e. The van der Waals surface area contributed by atoms with Crippen molar-refractivity contribution in [3.8, 4) is 0 Å². The summed E-state index contributed by atoms with van der Waals surface area (Å²) < 4.78 is 0. The van der Waals surface area contributed by atoms with Crippen molar-refractivity contribution in [3.05, 3.63) is 34.9 Å². The number of rotatable bonds is 2. The van der Waals surface area contributed by atoms with Crippen LogP contribution in [0.4, 0.5) is 0 Å². The zero-order valence-electron chi connectivity index (χ0n) is 8.79. The molecule has 0 spiro atoms. The number of nitrogens with zero attached hydrogens (tertiary/aromatic N) is 1. The van der Waals surface area contributed by atoms with E-state index < -0.39 is 0 Å². The molecule has 1 aliphatic rings. The smallest absolute Gasteiger partial charge is 0.0236 e. The second-order valence-corrected chi connectivity index (χ2v) is 3.93. The van der Waals surface area contributed by atoms with Gasteiger partial charge >= 0.3 is 0 Å². The van der Waals surface area contributed by atoms with Crippen LogP contribution in [-0.2, 0) is 19.5 Å². The van der Waals surface area contributed by atoms with E-state index in [1.807, 2.05) is 0 Å². The third-order valence-corrected chi connectivity index (χ3v) is 3.04. The van der Waals surface area contributed by atoms with Crippen LogP contribution in [0.15, 0.2) is 18.2 Å². The van der Waals surface area contributed by atoms with Crippen LogP contribution in [-0.4, -0.2) is 18.0 Å². The molecule has 0 saturated heterocycles. The van der Waals surface area contributed by atoms with E-state index in [9.17, 15) is 0 Å². The summed E-state index contributed by atoms with van der Waals surface area (Å²) in [6, 6.07) is 6.65. The van der Waals surface area contributed by atoms with Gasteiger partial charge in [0.1, 0.15) is 0 Å². The average Bonchev–Trinajstić information content (AvgIpc) is 2.27. The first-order valence-corrected chi connectivity index (χ1v) is 5.36. The lowest BCUT2D eigenvalue weighted by Gasteiger charge is -2.27. The molecule has 1 heterocycles. The summed E-state index contributed by atoms with van der Waals surface area (Å²) in [6.07, 6.45) is 1.18. The summed E-state index contributed by atoms with van der Waals surface area (Å²) in [5.41, 5.74) is 9.86. The van der Waals surface area contributed by atoms with E-state index in [-0.39, 0.29) is 0 Å². The summed E-state index contributed by atoms with van der Waals surface area (Å²) >= 11 is 0. The van der Waals surface area contributed by atoms with Crippen LogP contribution < -0.4 is 5.73 Å². The number of likely N-dealkylation sites (N-methyl/N-ethyl adjacent to an activating group) is 1. The SMILES string of the molecule is CCN1CCc2cc(CN)ccc2C1. The lowest BCUT2D eigenvalue weighted by atomic mass is 9.97. The monoisotopic (exact) mass is 190 g/mol.